The number of hydrogen-bond acceptors (Lipinski definition) is 2. The molecule has 0 aliphatic heterocycles. The minimum absolute atomic E-state index is 0.415. The molecule has 1 rings (SSSR count). The first kappa shape index (κ1) is 15.5. The summed E-state index contributed by atoms with van der Waals surface area (Å²) in [6.45, 7) is -2.44. The van der Waals surface area contributed by atoms with Crippen molar-refractivity contribution in [3.05, 3.63) is 29.8 Å². The maximum atomic E-state index is 12.9. The molecule has 9 heteroatoms. The Labute approximate surface area is 102 Å². The lowest BCUT2D eigenvalue weighted by molar-refractivity contribution is -0.341. The fraction of sp³-hybridized carbons (Fsp3) is 0.400. The zero-order chi connectivity index (χ0) is 14.9. The van der Waals surface area contributed by atoms with Crippen molar-refractivity contribution in [3.8, 4) is 5.75 Å². The molecule has 2 nitrogen and oxygen atoms in total. The van der Waals surface area contributed by atoms with Crippen LogP contribution in [0.1, 0.15) is 5.56 Å². The summed E-state index contributed by atoms with van der Waals surface area (Å²) >= 11 is 0. The lowest BCUT2D eigenvalue weighted by Gasteiger charge is -2.26. The van der Waals surface area contributed by atoms with E-state index in [1.54, 1.807) is 0 Å². The second-order valence-corrected chi connectivity index (χ2v) is 3.53. The molecule has 0 spiro atoms. The number of benzene rings is 1. The van der Waals surface area contributed by atoms with Crippen LogP contribution in [0.5, 0.6) is 5.75 Å². The molecular weight excluding hydrogens is 285 g/mol. The Bertz CT molecular complexity index is 424. The van der Waals surface area contributed by atoms with E-state index in [1.165, 1.54) is 0 Å². The average Bonchev–Trinajstić information content (AvgIpc) is 2.27. The monoisotopic (exact) mass is 292 g/mol. The van der Waals surface area contributed by atoms with Crippen LogP contribution >= 0.6 is 0 Å². The zero-order valence-corrected chi connectivity index (χ0v) is 9.02. The predicted molar refractivity (Wildman–Crippen MR) is 49.1 cm³/mol. The first-order chi connectivity index (χ1) is 8.49. The molecule has 1 aromatic rings. The van der Waals surface area contributed by atoms with Gasteiger partial charge in [0.15, 0.2) is 6.67 Å². The van der Waals surface area contributed by atoms with Gasteiger partial charge in [-0.15, -0.1) is 0 Å². The molecule has 19 heavy (non-hydrogen) atoms. The molecule has 0 amide bonds. The van der Waals surface area contributed by atoms with Crippen LogP contribution < -0.4 is 4.74 Å². The van der Waals surface area contributed by atoms with Gasteiger partial charge in [-0.1, -0.05) is 0 Å². The van der Waals surface area contributed by atoms with Gasteiger partial charge in [0.1, 0.15) is 5.75 Å². The van der Waals surface area contributed by atoms with Gasteiger partial charge in [0.25, 0.3) is 0 Å². The van der Waals surface area contributed by atoms with Crippen LogP contribution in [0.2, 0.25) is 0 Å². The number of aliphatic hydroxyl groups is 1. The summed E-state index contributed by atoms with van der Waals surface area (Å²) in [5.74, 6) is -5.43. The largest absolute Gasteiger partial charge is 0.462 e. The maximum Gasteiger partial charge on any atom is 0.462 e. The third kappa shape index (κ3) is 3.49. The minimum Gasteiger partial charge on any atom is -0.428 e. The Morgan fingerprint density at radius 1 is 0.947 bits per heavy atom. The van der Waals surface area contributed by atoms with Gasteiger partial charge in [-0.3, -0.25) is 0 Å². The fourth-order valence-corrected chi connectivity index (χ4v) is 1.02. The van der Waals surface area contributed by atoms with E-state index < -0.39 is 36.1 Å². The molecule has 0 saturated heterocycles. The Kier molecular flexibility index (Phi) is 3.99. The predicted octanol–water partition coefficient (Wildman–Crippen LogP) is 3.30. The summed E-state index contributed by atoms with van der Waals surface area (Å²) in [7, 11) is 0. The van der Waals surface area contributed by atoms with Gasteiger partial charge in [-0.2, -0.15) is 26.3 Å². The van der Waals surface area contributed by atoms with Crippen molar-refractivity contribution in [1.29, 1.82) is 0 Å². The van der Waals surface area contributed by atoms with Crippen LogP contribution in [0, 0.1) is 0 Å². The maximum absolute atomic E-state index is 12.9. The molecule has 0 radical (unpaired) electrons. The van der Waals surface area contributed by atoms with Crippen molar-refractivity contribution in [2.75, 3.05) is 6.67 Å². The third-order valence-electron chi connectivity index (χ3n) is 2.05. The quantitative estimate of drug-likeness (QED) is 0.863. The lowest BCUT2D eigenvalue weighted by Crippen LogP contribution is -2.50. The van der Waals surface area contributed by atoms with Crippen molar-refractivity contribution in [1.82, 2.24) is 0 Å². The Hall–Kier alpha value is -1.51. The van der Waals surface area contributed by atoms with E-state index in [2.05, 4.69) is 4.74 Å². The SMILES string of the molecule is OC(F)(CF)C(F)(F)Oc1ccc(C(F)(F)F)cc1. The van der Waals surface area contributed by atoms with E-state index >= 15 is 0 Å². The summed E-state index contributed by atoms with van der Waals surface area (Å²) in [5.41, 5.74) is -1.14. The van der Waals surface area contributed by atoms with Crippen LogP contribution in [0.15, 0.2) is 24.3 Å². The molecule has 1 unspecified atom stereocenters. The first-order valence-corrected chi connectivity index (χ1v) is 4.71. The van der Waals surface area contributed by atoms with Gasteiger partial charge in [0.05, 0.1) is 5.56 Å². The molecule has 0 aliphatic carbocycles. The molecule has 0 heterocycles. The van der Waals surface area contributed by atoms with Crippen LogP contribution in [0.3, 0.4) is 0 Å². The van der Waals surface area contributed by atoms with Crippen LogP contribution in [-0.4, -0.2) is 23.7 Å². The van der Waals surface area contributed by atoms with E-state index in [4.69, 9.17) is 5.11 Å². The molecule has 0 saturated carbocycles. The molecule has 1 N–H and O–H groups in total. The van der Waals surface area contributed by atoms with Gasteiger partial charge in [0.2, 0.25) is 0 Å². The first-order valence-electron chi connectivity index (χ1n) is 4.71. The molecular formula is C10H7F7O2. The number of rotatable bonds is 4. The third-order valence-corrected chi connectivity index (χ3v) is 2.05. The Balaban J connectivity index is 2.90. The molecule has 0 bridgehead atoms. The fourth-order valence-electron chi connectivity index (χ4n) is 1.02. The molecule has 1 atom stereocenters. The summed E-state index contributed by atoms with van der Waals surface area (Å²) < 4.78 is 90.5. The summed E-state index contributed by atoms with van der Waals surface area (Å²) in [4.78, 5) is 0. The highest BCUT2D eigenvalue weighted by Gasteiger charge is 2.57. The van der Waals surface area contributed by atoms with E-state index in [0.717, 1.165) is 0 Å². The van der Waals surface area contributed by atoms with Gasteiger partial charge in [-0.25, -0.2) is 4.39 Å². The topological polar surface area (TPSA) is 29.5 Å². The number of halogens is 7. The standard InChI is InChI=1S/C10H7F7O2/c11-5-8(12,18)10(16,17)19-7-3-1-6(2-4-7)9(13,14)15/h1-4,18H,5H2. The highest BCUT2D eigenvalue weighted by atomic mass is 19.4. The smallest absolute Gasteiger partial charge is 0.428 e. The van der Waals surface area contributed by atoms with Gasteiger partial charge in [-0.05, 0) is 24.3 Å². The van der Waals surface area contributed by atoms with E-state index in [1.807, 2.05) is 0 Å². The molecule has 108 valence electrons. The highest BCUT2D eigenvalue weighted by molar-refractivity contribution is 5.29. The van der Waals surface area contributed by atoms with Crippen molar-refractivity contribution in [2.45, 2.75) is 18.1 Å². The van der Waals surface area contributed by atoms with Gasteiger partial charge >= 0.3 is 18.1 Å². The van der Waals surface area contributed by atoms with E-state index in [-0.39, 0.29) is 0 Å². The Morgan fingerprint density at radius 3 is 1.79 bits per heavy atom. The van der Waals surface area contributed by atoms with Crippen LogP contribution in [0.25, 0.3) is 0 Å². The van der Waals surface area contributed by atoms with Crippen LogP contribution in [-0.2, 0) is 6.18 Å². The van der Waals surface area contributed by atoms with Gasteiger partial charge < -0.3 is 9.84 Å². The average molecular weight is 292 g/mol. The Morgan fingerprint density at radius 2 is 1.42 bits per heavy atom. The van der Waals surface area contributed by atoms with Crippen LogP contribution in [0.4, 0.5) is 30.7 Å². The minimum atomic E-state index is -4.94. The second-order valence-electron chi connectivity index (χ2n) is 3.53. The molecule has 0 fully saturated rings. The molecule has 0 aliphatic rings. The van der Waals surface area contributed by atoms with Crippen molar-refractivity contribution in [2.24, 2.45) is 0 Å². The second kappa shape index (κ2) is 4.87. The lowest BCUT2D eigenvalue weighted by atomic mass is 10.2. The van der Waals surface area contributed by atoms with Crippen molar-refractivity contribution < 1.29 is 40.6 Å². The summed E-state index contributed by atoms with van der Waals surface area (Å²) in [6.07, 6.45) is -9.62. The molecule has 1 aromatic carbocycles. The number of hydrogen-bond donors (Lipinski definition) is 1. The number of alkyl halides is 7. The molecule has 0 aromatic heterocycles. The van der Waals surface area contributed by atoms with Gasteiger partial charge in [0, 0.05) is 0 Å². The normalized spacial score (nSPS) is 16.0. The van der Waals surface area contributed by atoms with E-state index in [0.29, 0.717) is 24.3 Å². The van der Waals surface area contributed by atoms with E-state index in [9.17, 15) is 30.7 Å². The van der Waals surface area contributed by atoms with Crippen molar-refractivity contribution in [3.63, 3.8) is 0 Å². The van der Waals surface area contributed by atoms with Crippen molar-refractivity contribution >= 4 is 0 Å². The number of ether oxygens (including phenoxy) is 1. The summed E-state index contributed by atoms with van der Waals surface area (Å²) in [6, 6.07) is 1.81. The highest BCUT2D eigenvalue weighted by Crippen LogP contribution is 2.35. The summed E-state index contributed by atoms with van der Waals surface area (Å²) in [5, 5.41) is 8.40. The zero-order valence-electron chi connectivity index (χ0n) is 9.02.